The lowest BCUT2D eigenvalue weighted by molar-refractivity contribution is -0.0377. The van der Waals surface area contributed by atoms with Crippen molar-refractivity contribution in [3.63, 3.8) is 0 Å². The summed E-state index contributed by atoms with van der Waals surface area (Å²) in [7, 11) is 0. The van der Waals surface area contributed by atoms with E-state index in [0.717, 1.165) is 4.57 Å². The molecule has 0 saturated carbocycles. The fourth-order valence-corrected chi connectivity index (χ4v) is 1.64. The number of azide groups is 1. The Kier molecular flexibility index (Phi) is 3.17. The third-order valence-electron chi connectivity index (χ3n) is 2.50. The Morgan fingerprint density at radius 3 is 2.89 bits per heavy atom. The Bertz CT molecular complexity index is 553. The number of hydrogen-bond acceptors (Lipinski definition) is 7. The van der Waals surface area contributed by atoms with E-state index in [1.54, 1.807) is 0 Å². The highest BCUT2D eigenvalue weighted by Crippen LogP contribution is 2.28. The lowest BCUT2D eigenvalue weighted by Crippen LogP contribution is -2.35. The van der Waals surface area contributed by atoms with Crippen molar-refractivity contribution in [2.24, 2.45) is 5.11 Å². The van der Waals surface area contributed by atoms with Gasteiger partial charge in [-0.05, 0) is 11.6 Å². The second kappa shape index (κ2) is 4.63. The highest BCUT2D eigenvalue weighted by atomic mass is 16.6. The normalized spacial score (nSPS) is 31.0. The molecule has 1 aromatic heterocycles. The van der Waals surface area contributed by atoms with Gasteiger partial charge in [-0.3, -0.25) is 4.57 Å². The summed E-state index contributed by atoms with van der Waals surface area (Å²) in [4.78, 5) is 17.5. The first kappa shape index (κ1) is 12.3. The summed E-state index contributed by atoms with van der Waals surface area (Å²) in [5.74, 6) is 0.0240. The molecular formula is C8H10N6O4. The molecule has 4 atom stereocenters. The summed E-state index contributed by atoms with van der Waals surface area (Å²) in [6.45, 7) is 0. The number of aliphatic hydroxyl groups excluding tert-OH is 2. The lowest BCUT2D eigenvalue weighted by atomic mass is 10.2. The minimum absolute atomic E-state index is 0.0240. The van der Waals surface area contributed by atoms with Crippen LogP contribution in [0.1, 0.15) is 6.23 Å². The van der Waals surface area contributed by atoms with Gasteiger partial charge in [-0.2, -0.15) is 4.98 Å². The van der Waals surface area contributed by atoms with Gasteiger partial charge in [0.2, 0.25) is 0 Å². The molecule has 4 N–H and O–H groups in total. The predicted molar refractivity (Wildman–Crippen MR) is 58.0 cm³/mol. The first-order valence-corrected chi connectivity index (χ1v) is 4.95. The van der Waals surface area contributed by atoms with Crippen LogP contribution in [-0.2, 0) is 4.74 Å². The number of aliphatic hydroxyl groups is 2. The van der Waals surface area contributed by atoms with E-state index < -0.39 is 30.4 Å². The molecule has 1 aliphatic rings. The van der Waals surface area contributed by atoms with Crippen molar-refractivity contribution in [1.29, 1.82) is 0 Å². The molecule has 0 aliphatic carbocycles. The largest absolute Gasteiger partial charge is 0.387 e. The molecule has 2 heterocycles. The molecular weight excluding hydrogens is 244 g/mol. The zero-order valence-electron chi connectivity index (χ0n) is 8.99. The Balaban J connectivity index is 2.34. The molecule has 1 aliphatic heterocycles. The summed E-state index contributed by atoms with van der Waals surface area (Å²) < 4.78 is 6.05. The van der Waals surface area contributed by atoms with Crippen molar-refractivity contribution < 1.29 is 14.9 Å². The van der Waals surface area contributed by atoms with E-state index in [1.807, 2.05) is 0 Å². The number of rotatable bonds is 2. The third-order valence-corrected chi connectivity index (χ3v) is 2.50. The van der Waals surface area contributed by atoms with E-state index in [-0.39, 0.29) is 5.82 Å². The van der Waals surface area contributed by atoms with Crippen molar-refractivity contribution in [2.45, 2.75) is 24.7 Å². The maximum absolute atomic E-state index is 11.5. The zero-order valence-corrected chi connectivity index (χ0v) is 8.99. The number of ether oxygens (including phenoxy) is 1. The van der Waals surface area contributed by atoms with E-state index in [1.165, 1.54) is 12.3 Å². The van der Waals surface area contributed by atoms with Crippen LogP contribution >= 0.6 is 0 Å². The molecule has 0 radical (unpaired) electrons. The van der Waals surface area contributed by atoms with Crippen LogP contribution in [0.2, 0.25) is 0 Å². The highest BCUT2D eigenvalue weighted by molar-refractivity contribution is 5.23. The Morgan fingerprint density at radius 2 is 2.28 bits per heavy atom. The molecule has 0 spiro atoms. The zero-order chi connectivity index (χ0) is 13.3. The molecule has 2 rings (SSSR count). The second-order valence-electron chi connectivity index (χ2n) is 3.65. The van der Waals surface area contributed by atoms with Crippen molar-refractivity contribution >= 4 is 5.82 Å². The van der Waals surface area contributed by atoms with Gasteiger partial charge in [0, 0.05) is 11.1 Å². The van der Waals surface area contributed by atoms with Gasteiger partial charge in [-0.1, -0.05) is 5.11 Å². The maximum atomic E-state index is 11.5. The maximum Gasteiger partial charge on any atom is 0.351 e. The van der Waals surface area contributed by atoms with Crippen LogP contribution in [0.5, 0.6) is 0 Å². The number of nitrogens with zero attached hydrogens (tertiary/aromatic N) is 5. The Hall–Kier alpha value is -2.13. The van der Waals surface area contributed by atoms with Crippen molar-refractivity contribution in [1.82, 2.24) is 9.55 Å². The number of anilines is 1. The molecule has 0 amide bonds. The smallest absolute Gasteiger partial charge is 0.351 e. The SMILES string of the molecule is [N-]=[N+]=NC1OC(n2ccc(N)nc2=O)C(O)C1O. The summed E-state index contributed by atoms with van der Waals surface area (Å²) in [6, 6.07) is 1.34. The van der Waals surface area contributed by atoms with Crippen molar-refractivity contribution in [2.75, 3.05) is 5.73 Å². The van der Waals surface area contributed by atoms with E-state index >= 15 is 0 Å². The quantitative estimate of drug-likeness (QED) is 0.338. The van der Waals surface area contributed by atoms with E-state index in [0.29, 0.717) is 0 Å². The molecule has 1 fully saturated rings. The van der Waals surface area contributed by atoms with Crippen LogP contribution in [0.25, 0.3) is 10.4 Å². The van der Waals surface area contributed by atoms with E-state index in [9.17, 15) is 15.0 Å². The van der Waals surface area contributed by atoms with Crippen LogP contribution < -0.4 is 11.4 Å². The number of nitrogen functional groups attached to an aromatic ring is 1. The molecule has 4 unspecified atom stereocenters. The second-order valence-corrected chi connectivity index (χ2v) is 3.65. The molecule has 0 bridgehead atoms. The monoisotopic (exact) mass is 254 g/mol. The van der Waals surface area contributed by atoms with Crippen LogP contribution in [0.15, 0.2) is 22.2 Å². The molecule has 96 valence electrons. The summed E-state index contributed by atoms with van der Waals surface area (Å²) in [5.41, 5.74) is 12.8. The van der Waals surface area contributed by atoms with Gasteiger partial charge in [0.25, 0.3) is 0 Å². The van der Waals surface area contributed by atoms with Gasteiger partial charge in [0.1, 0.15) is 18.0 Å². The van der Waals surface area contributed by atoms with Crippen molar-refractivity contribution in [3.05, 3.63) is 33.2 Å². The van der Waals surface area contributed by atoms with Gasteiger partial charge >= 0.3 is 5.69 Å². The first-order valence-electron chi connectivity index (χ1n) is 4.95. The standard InChI is InChI=1S/C8H10N6O4/c9-3-1-2-14(8(17)11-3)7-5(16)4(15)6(18-7)12-13-10/h1-2,4-7,15-16H,(H2,9,11,17). The van der Waals surface area contributed by atoms with E-state index in [4.69, 9.17) is 16.0 Å². The predicted octanol–water partition coefficient (Wildman–Crippen LogP) is -1.29. The molecule has 10 heteroatoms. The third kappa shape index (κ3) is 2.00. The van der Waals surface area contributed by atoms with Gasteiger partial charge in [0.05, 0.1) is 0 Å². The van der Waals surface area contributed by atoms with Crippen molar-refractivity contribution in [3.8, 4) is 0 Å². The van der Waals surface area contributed by atoms with Gasteiger partial charge in [-0.25, -0.2) is 4.79 Å². The molecule has 0 aromatic carbocycles. The minimum Gasteiger partial charge on any atom is -0.387 e. The fourth-order valence-electron chi connectivity index (χ4n) is 1.64. The van der Waals surface area contributed by atoms with Gasteiger partial charge in [-0.15, -0.1) is 0 Å². The first-order chi connectivity index (χ1) is 8.54. The average Bonchev–Trinajstić information content (AvgIpc) is 2.58. The molecule has 18 heavy (non-hydrogen) atoms. The van der Waals surface area contributed by atoms with Crippen LogP contribution in [0, 0.1) is 0 Å². The topological polar surface area (TPSA) is 159 Å². The summed E-state index contributed by atoms with van der Waals surface area (Å²) >= 11 is 0. The number of aromatic nitrogens is 2. The number of nitrogens with two attached hydrogens (primary N) is 1. The Morgan fingerprint density at radius 1 is 1.56 bits per heavy atom. The minimum atomic E-state index is -1.42. The lowest BCUT2D eigenvalue weighted by Gasteiger charge is -2.16. The van der Waals surface area contributed by atoms with Crippen LogP contribution in [0.3, 0.4) is 0 Å². The molecule has 1 saturated heterocycles. The number of hydrogen-bond donors (Lipinski definition) is 3. The van der Waals surface area contributed by atoms with Gasteiger partial charge in [0.15, 0.2) is 12.5 Å². The average molecular weight is 254 g/mol. The Labute approximate surface area is 99.9 Å². The summed E-state index contributed by atoms with van der Waals surface area (Å²) in [6.07, 6.45) is -4.02. The fraction of sp³-hybridized carbons (Fsp3) is 0.500. The molecule has 1 aromatic rings. The van der Waals surface area contributed by atoms with Crippen LogP contribution in [-0.4, -0.2) is 38.2 Å². The van der Waals surface area contributed by atoms with E-state index in [2.05, 4.69) is 15.0 Å². The molecule has 10 nitrogen and oxygen atoms in total. The highest BCUT2D eigenvalue weighted by Gasteiger charge is 2.43. The summed E-state index contributed by atoms with van der Waals surface area (Å²) in [5, 5.41) is 22.5. The van der Waals surface area contributed by atoms with Gasteiger partial charge < -0.3 is 20.7 Å². The van der Waals surface area contributed by atoms with Crippen LogP contribution in [0.4, 0.5) is 5.82 Å².